The summed E-state index contributed by atoms with van der Waals surface area (Å²) in [6.45, 7) is 10.4. The lowest BCUT2D eigenvalue weighted by atomic mass is 10.1. The van der Waals surface area contributed by atoms with Crippen LogP contribution in [0.1, 0.15) is 46.8 Å². The highest BCUT2D eigenvalue weighted by Gasteiger charge is 2.10. The lowest BCUT2D eigenvalue weighted by molar-refractivity contribution is 0.664. The average molecular weight is 304 g/mol. The smallest absolute Gasteiger partial charge is 0.134 e. The zero-order chi connectivity index (χ0) is 15.2. The van der Waals surface area contributed by atoms with Crippen molar-refractivity contribution in [3.8, 4) is 0 Å². The third-order valence-electron chi connectivity index (χ3n) is 3.45. The van der Waals surface area contributed by atoms with Gasteiger partial charge in [-0.25, -0.2) is 15.0 Å². The Morgan fingerprint density at radius 2 is 1.76 bits per heavy atom. The molecule has 2 aromatic heterocycles. The van der Waals surface area contributed by atoms with Gasteiger partial charge >= 0.3 is 0 Å². The summed E-state index contributed by atoms with van der Waals surface area (Å²) in [6.07, 6.45) is 2.88. The van der Waals surface area contributed by atoms with Gasteiger partial charge < -0.3 is 5.32 Å². The van der Waals surface area contributed by atoms with Crippen molar-refractivity contribution in [3.05, 3.63) is 38.9 Å². The van der Waals surface area contributed by atoms with Crippen LogP contribution in [0.5, 0.6) is 0 Å². The Hall–Kier alpha value is -1.33. The molecular formula is C16H24N4S. The van der Waals surface area contributed by atoms with E-state index in [0.29, 0.717) is 0 Å². The third-order valence-corrected chi connectivity index (χ3v) is 4.27. The van der Waals surface area contributed by atoms with Gasteiger partial charge in [0.25, 0.3) is 0 Å². The Morgan fingerprint density at radius 1 is 1.05 bits per heavy atom. The molecular weight excluding hydrogens is 280 g/mol. The average Bonchev–Trinajstić information content (AvgIpc) is 2.82. The fourth-order valence-corrected chi connectivity index (χ4v) is 3.03. The molecule has 0 fully saturated rings. The zero-order valence-electron chi connectivity index (χ0n) is 13.4. The maximum atomic E-state index is 4.66. The molecule has 0 aliphatic heterocycles. The van der Waals surface area contributed by atoms with Crippen LogP contribution < -0.4 is 5.32 Å². The molecule has 0 aliphatic rings. The van der Waals surface area contributed by atoms with Gasteiger partial charge in [-0.05, 0) is 52.3 Å². The summed E-state index contributed by atoms with van der Waals surface area (Å²) >= 11 is 1.68. The first kappa shape index (κ1) is 16.0. The Kier molecular flexibility index (Phi) is 5.82. The number of nitrogens with zero attached hydrogens (tertiary/aromatic N) is 3. The normalized spacial score (nSPS) is 11.0. The van der Waals surface area contributed by atoms with Crippen LogP contribution in [-0.2, 0) is 12.8 Å². The highest BCUT2D eigenvalue weighted by molar-refractivity contribution is 7.09. The van der Waals surface area contributed by atoms with Crippen LogP contribution >= 0.6 is 11.3 Å². The minimum absolute atomic E-state index is 0.723. The minimum Gasteiger partial charge on any atom is -0.316 e. The van der Waals surface area contributed by atoms with Crippen molar-refractivity contribution in [1.29, 1.82) is 0 Å². The predicted octanol–water partition coefficient (Wildman–Crippen LogP) is 2.99. The van der Waals surface area contributed by atoms with Gasteiger partial charge in [0.1, 0.15) is 5.82 Å². The van der Waals surface area contributed by atoms with E-state index in [1.54, 1.807) is 11.3 Å². The molecule has 0 saturated heterocycles. The fraction of sp³-hybridized carbons (Fsp3) is 0.562. The SMILES string of the molecule is CCCNCCc1c(C)nc(Cc2csc(C)n2)nc1C. The van der Waals surface area contributed by atoms with E-state index < -0.39 is 0 Å². The molecule has 0 unspecified atom stereocenters. The van der Waals surface area contributed by atoms with E-state index in [9.17, 15) is 0 Å². The quantitative estimate of drug-likeness (QED) is 0.799. The summed E-state index contributed by atoms with van der Waals surface area (Å²) in [4.78, 5) is 13.8. The Balaban J connectivity index is 2.05. The number of nitrogens with one attached hydrogen (secondary N) is 1. The van der Waals surface area contributed by atoms with Crippen molar-refractivity contribution < 1.29 is 0 Å². The highest BCUT2D eigenvalue weighted by Crippen LogP contribution is 2.15. The van der Waals surface area contributed by atoms with E-state index in [0.717, 1.165) is 53.8 Å². The van der Waals surface area contributed by atoms with E-state index in [1.165, 1.54) is 12.0 Å². The molecule has 0 aromatic carbocycles. The molecule has 0 spiro atoms. The minimum atomic E-state index is 0.723. The molecule has 21 heavy (non-hydrogen) atoms. The van der Waals surface area contributed by atoms with Gasteiger partial charge in [-0.3, -0.25) is 0 Å². The van der Waals surface area contributed by atoms with Crippen molar-refractivity contribution in [3.63, 3.8) is 0 Å². The third kappa shape index (κ3) is 4.58. The van der Waals surface area contributed by atoms with Crippen molar-refractivity contribution in [2.75, 3.05) is 13.1 Å². The molecule has 0 bridgehead atoms. The van der Waals surface area contributed by atoms with Gasteiger partial charge in [-0.15, -0.1) is 11.3 Å². The summed E-state index contributed by atoms with van der Waals surface area (Å²) in [5, 5.41) is 6.61. The van der Waals surface area contributed by atoms with Crippen molar-refractivity contribution in [2.24, 2.45) is 0 Å². The second kappa shape index (κ2) is 7.61. The van der Waals surface area contributed by atoms with Crippen LogP contribution in [0, 0.1) is 20.8 Å². The summed E-state index contributed by atoms with van der Waals surface area (Å²) in [5.41, 5.74) is 4.54. The topological polar surface area (TPSA) is 50.7 Å². The van der Waals surface area contributed by atoms with E-state index in [-0.39, 0.29) is 0 Å². The van der Waals surface area contributed by atoms with Gasteiger partial charge in [0.15, 0.2) is 0 Å². The first-order valence-electron chi connectivity index (χ1n) is 7.55. The molecule has 2 rings (SSSR count). The molecule has 4 nitrogen and oxygen atoms in total. The molecule has 2 heterocycles. The maximum absolute atomic E-state index is 4.66. The van der Waals surface area contributed by atoms with Crippen LogP contribution in [-0.4, -0.2) is 28.0 Å². The molecule has 2 aromatic rings. The molecule has 0 aliphatic carbocycles. The number of hydrogen-bond donors (Lipinski definition) is 1. The second-order valence-electron chi connectivity index (χ2n) is 5.32. The maximum Gasteiger partial charge on any atom is 0.134 e. The van der Waals surface area contributed by atoms with Crippen LogP contribution in [0.3, 0.4) is 0 Å². The molecule has 5 heteroatoms. The molecule has 1 N–H and O–H groups in total. The van der Waals surface area contributed by atoms with Crippen molar-refractivity contribution in [1.82, 2.24) is 20.3 Å². The van der Waals surface area contributed by atoms with E-state index in [2.05, 4.69) is 46.4 Å². The molecule has 0 atom stereocenters. The van der Waals surface area contributed by atoms with Crippen LogP contribution in [0.25, 0.3) is 0 Å². The number of aromatic nitrogens is 3. The van der Waals surface area contributed by atoms with Crippen LogP contribution in [0.2, 0.25) is 0 Å². The van der Waals surface area contributed by atoms with Crippen LogP contribution in [0.15, 0.2) is 5.38 Å². The number of hydrogen-bond acceptors (Lipinski definition) is 5. The van der Waals surface area contributed by atoms with Gasteiger partial charge in [0.2, 0.25) is 0 Å². The second-order valence-corrected chi connectivity index (χ2v) is 6.39. The Labute approximate surface area is 131 Å². The molecule has 0 amide bonds. The predicted molar refractivity (Wildman–Crippen MR) is 88.0 cm³/mol. The lowest BCUT2D eigenvalue weighted by Gasteiger charge is -2.11. The Morgan fingerprint density at radius 3 is 2.33 bits per heavy atom. The van der Waals surface area contributed by atoms with Crippen molar-refractivity contribution in [2.45, 2.75) is 47.0 Å². The summed E-state index contributed by atoms with van der Waals surface area (Å²) in [6, 6.07) is 0. The number of aryl methyl sites for hydroxylation is 3. The monoisotopic (exact) mass is 304 g/mol. The fourth-order valence-electron chi connectivity index (χ4n) is 2.42. The largest absolute Gasteiger partial charge is 0.316 e. The highest BCUT2D eigenvalue weighted by atomic mass is 32.1. The molecule has 114 valence electrons. The summed E-state index contributed by atoms with van der Waals surface area (Å²) in [7, 11) is 0. The van der Waals surface area contributed by atoms with E-state index in [1.807, 2.05) is 6.92 Å². The number of rotatable bonds is 7. The molecule has 0 radical (unpaired) electrons. The van der Waals surface area contributed by atoms with Gasteiger partial charge in [-0.1, -0.05) is 6.92 Å². The summed E-state index contributed by atoms with van der Waals surface area (Å²) in [5.74, 6) is 0.876. The zero-order valence-corrected chi connectivity index (χ0v) is 14.2. The van der Waals surface area contributed by atoms with Crippen LogP contribution in [0.4, 0.5) is 0 Å². The number of thiazole rings is 1. The first-order chi connectivity index (χ1) is 10.1. The molecule has 0 saturated carbocycles. The van der Waals surface area contributed by atoms with Gasteiger partial charge in [0.05, 0.1) is 17.1 Å². The van der Waals surface area contributed by atoms with E-state index >= 15 is 0 Å². The van der Waals surface area contributed by atoms with Gasteiger partial charge in [0, 0.05) is 16.8 Å². The first-order valence-corrected chi connectivity index (χ1v) is 8.42. The standard InChI is InChI=1S/C16H24N4S/c1-5-7-17-8-6-15-11(2)18-16(19-12(15)3)9-14-10-21-13(4)20-14/h10,17H,5-9H2,1-4H3. The summed E-state index contributed by atoms with van der Waals surface area (Å²) < 4.78 is 0. The van der Waals surface area contributed by atoms with E-state index in [4.69, 9.17) is 0 Å². The van der Waals surface area contributed by atoms with Crippen molar-refractivity contribution >= 4 is 11.3 Å². The Bertz CT molecular complexity index is 569. The van der Waals surface area contributed by atoms with Gasteiger partial charge in [-0.2, -0.15) is 0 Å². The lowest BCUT2D eigenvalue weighted by Crippen LogP contribution is -2.19.